The van der Waals surface area contributed by atoms with E-state index in [0.29, 0.717) is 53.2 Å². The molecule has 3 aromatic carbocycles. The summed E-state index contributed by atoms with van der Waals surface area (Å²) < 4.78 is 5.45. The number of hydrogen-bond donors (Lipinski definition) is 5. The van der Waals surface area contributed by atoms with Crippen molar-refractivity contribution in [1.29, 1.82) is 0 Å². The lowest BCUT2D eigenvalue weighted by Gasteiger charge is -2.47. The van der Waals surface area contributed by atoms with Gasteiger partial charge in [-0.05, 0) is 164 Å². The van der Waals surface area contributed by atoms with Gasteiger partial charge in [0, 0.05) is 25.2 Å². The average molecular weight is 825 g/mol. The van der Waals surface area contributed by atoms with Gasteiger partial charge in [0.1, 0.15) is 11.6 Å². The summed E-state index contributed by atoms with van der Waals surface area (Å²) in [5.74, 6) is 2.16. The van der Waals surface area contributed by atoms with Gasteiger partial charge in [-0.3, -0.25) is 9.59 Å². The number of aliphatic hydroxyl groups is 1. The molecule has 0 unspecified atom stereocenters. The highest BCUT2D eigenvalue weighted by atomic mass is 16.5. The number of Topliss-reactive ketones (excluding diaryl/α,β-unsaturated/α-hetero) is 1. The molecule has 0 bridgehead atoms. The maximum atomic E-state index is 13.4. The van der Waals surface area contributed by atoms with Crippen molar-refractivity contribution in [2.75, 3.05) is 39.1 Å². The van der Waals surface area contributed by atoms with Crippen LogP contribution in [-0.2, 0) is 41.7 Å². The third-order valence-electron chi connectivity index (χ3n) is 13.2. The number of phenolic OH excluding ortho intramolecular Hbond substituents is 1. The predicted molar refractivity (Wildman–Crippen MR) is 244 cm³/mol. The molecule has 2 saturated heterocycles. The molecule has 4 atom stereocenters. The van der Waals surface area contributed by atoms with Gasteiger partial charge < -0.3 is 31.3 Å². The summed E-state index contributed by atoms with van der Waals surface area (Å²) in [5.41, 5.74) is 15.2. The molecule has 3 aliphatic rings. The molecule has 6 N–H and O–H groups in total. The van der Waals surface area contributed by atoms with E-state index < -0.39 is 6.61 Å². The van der Waals surface area contributed by atoms with E-state index in [1.807, 2.05) is 12.1 Å². The minimum Gasteiger partial charge on any atom is -0.504 e. The van der Waals surface area contributed by atoms with Crippen LogP contribution in [0.2, 0.25) is 0 Å². The van der Waals surface area contributed by atoms with Crippen molar-refractivity contribution in [3.63, 3.8) is 0 Å². The van der Waals surface area contributed by atoms with E-state index in [1.165, 1.54) is 55.6 Å². The van der Waals surface area contributed by atoms with Crippen molar-refractivity contribution in [2.45, 2.75) is 95.9 Å². The maximum Gasteiger partial charge on any atom is 0.163 e. The van der Waals surface area contributed by atoms with Crippen molar-refractivity contribution in [3.05, 3.63) is 136 Å². The van der Waals surface area contributed by atoms with Crippen LogP contribution in [0.15, 0.2) is 96.7 Å². The topological polar surface area (TPSA) is 147 Å². The molecular weight excluding hydrogens is 761 g/mol. The van der Waals surface area contributed by atoms with Crippen molar-refractivity contribution >= 4 is 23.0 Å². The standard InChI is InChI=1S/C52H64N4O5/c1-61-50-31-48(43(34-57)27-45(59)30-44(58)15-6-3-7-16-47-46-21-23-54-32-42(46)25-39-14-9-22-55-52(39)47)40(28-49(50)60)26-41-33-56-51(53)29-38(41)20-19-37-13-8-12-36(24-37)18-17-35-10-4-2-5-11-35/h2,4-5,8,10-13,24-25,27-29,31,33,42,46-47,52,54-55,57,60H,3,6-7,9,14-23,26,30,32,34H2,1H3,(H2,53,56)/b43-27+/t42-,46-,47+,52+/m0/s1. The van der Waals surface area contributed by atoms with E-state index in [0.717, 1.165) is 81.6 Å². The maximum absolute atomic E-state index is 13.4. The first-order valence-electron chi connectivity index (χ1n) is 22.5. The van der Waals surface area contributed by atoms with Crippen molar-refractivity contribution < 1.29 is 24.5 Å². The largest absolute Gasteiger partial charge is 0.504 e. The van der Waals surface area contributed by atoms with Crippen LogP contribution in [0.3, 0.4) is 0 Å². The van der Waals surface area contributed by atoms with Crippen LogP contribution in [0.5, 0.6) is 11.5 Å². The van der Waals surface area contributed by atoms with Crippen LogP contribution in [0.4, 0.5) is 5.82 Å². The van der Waals surface area contributed by atoms with Crippen LogP contribution in [-0.4, -0.2) is 66.2 Å². The molecule has 7 rings (SSSR count). The molecule has 1 aromatic heterocycles. The van der Waals surface area contributed by atoms with Gasteiger partial charge in [0.25, 0.3) is 0 Å². The third-order valence-corrected chi connectivity index (χ3v) is 13.2. The molecule has 1 aliphatic carbocycles. The second-order valence-corrected chi connectivity index (χ2v) is 17.4. The molecule has 322 valence electrons. The zero-order valence-electron chi connectivity index (χ0n) is 35.8. The number of carbonyl (C=O) groups is 2. The highest BCUT2D eigenvalue weighted by Gasteiger charge is 2.41. The number of carbonyl (C=O) groups excluding carboxylic acids is 2. The van der Waals surface area contributed by atoms with Gasteiger partial charge in [0.05, 0.1) is 20.1 Å². The van der Waals surface area contributed by atoms with Crippen LogP contribution < -0.4 is 21.1 Å². The number of phenols is 1. The Morgan fingerprint density at radius 3 is 2.49 bits per heavy atom. The number of nitrogens with two attached hydrogens (primary N) is 1. The fourth-order valence-corrected chi connectivity index (χ4v) is 10.1. The molecule has 0 saturated carbocycles. The Kier molecular flexibility index (Phi) is 15.6. The lowest BCUT2D eigenvalue weighted by atomic mass is 9.64. The Morgan fingerprint density at radius 2 is 1.69 bits per heavy atom. The quantitative estimate of drug-likeness (QED) is 0.0260. The van der Waals surface area contributed by atoms with Crippen molar-refractivity contribution in [3.8, 4) is 11.5 Å². The molecule has 2 fully saturated rings. The lowest BCUT2D eigenvalue weighted by molar-refractivity contribution is -0.124. The summed E-state index contributed by atoms with van der Waals surface area (Å²) in [6.45, 7) is 2.84. The van der Waals surface area contributed by atoms with E-state index in [4.69, 9.17) is 10.5 Å². The summed E-state index contributed by atoms with van der Waals surface area (Å²) in [7, 11) is 1.46. The van der Waals surface area contributed by atoms with Crippen LogP contribution >= 0.6 is 0 Å². The number of nitrogen functional groups attached to an aromatic ring is 1. The Balaban J connectivity index is 0.964. The number of aryl methyl sites for hydroxylation is 4. The zero-order valence-corrected chi connectivity index (χ0v) is 35.8. The first-order chi connectivity index (χ1) is 29.8. The fraction of sp³-hybridized carbons (Fsp3) is 0.442. The number of ketones is 2. The smallest absolute Gasteiger partial charge is 0.163 e. The number of benzene rings is 3. The highest BCUT2D eigenvalue weighted by molar-refractivity contribution is 6.07. The Bertz CT molecular complexity index is 2180. The van der Waals surface area contributed by atoms with Crippen molar-refractivity contribution in [1.82, 2.24) is 15.6 Å². The van der Waals surface area contributed by atoms with Gasteiger partial charge >= 0.3 is 0 Å². The number of aromatic hydroxyl groups is 1. The Labute approximate surface area is 361 Å². The van der Waals surface area contributed by atoms with E-state index in [9.17, 15) is 19.8 Å². The van der Waals surface area contributed by atoms with Gasteiger partial charge in [-0.2, -0.15) is 0 Å². The summed E-state index contributed by atoms with van der Waals surface area (Å²) in [6, 6.07) is 24.9. The molecule has 9 heteroatoms. The molecule has 0 radical (unpaired) electrons. The molecular formula is C52H64N4O5. The average Bonchev–Trinajstić information content (AvgIpc) is 3.27. The second kappa shape index (κ2) is 21.6. The van der Waals surface area contributed by atoms with Crippen molar-refractivity contribution in [2.24, 2.45) is 17.8 Å². The molecule has 3 heterocycles. The number of allylic oxidation sites excluding steroid dienone is 1. The molecule has 0 amide bonds. The Morgan fingerprint density at radius 1 is 0.902 bits per heavy atom. The summed E-state index contributed by atoms with van der Waals surface area (Å²) in [6.07, 6.45) is 17.3. The number of pyridine rings is 1. The van der Waals surface area contributed by atoms with E-state index >= 15 is 0 Å². The van der Waals surface area contributed by atoms with Gasteiger partial charge in [-0.15, -0.1) is 0 Å². The molecule has 4 aromatic rings. The number of hydrogen-bond acceptors (Lipinski definition) is 9. The minimum absolute atomic E-state index is 0.0525. The summed E-state index contributed by atoms with van der Waals surface area (Å²) in [5, 5.41) is 28.9. The SMILES string of the molecule is COc1cc(/C(=C/C(=O)CC(=O)CCCCC[C@@H]2[C@H]3CCNC[C@@H]3C=C3CCCN[C@H]32)CO)c(Cc2cnc(N)cc2CCc2cccc(CCc3ccccc3)c2)cc1O. The number of aliphatic hydroxyl groups excluding tert-OH is 1. The number of nitrogens with one attached hydrogen (secondary N) is 2. The van der Waals surface area contributed by atoms with Gasteiger partial charge in [0.15, 0.2) is 17.3 Å². The number of fused-ring (bicyclic) bond motifs is 2. The number of aromatic nitrogens is 1. The van der Waals surface area contributed by atoms with Gasteiger partial charge in [-0.1, -0.05) is 79.1 Å². The van der Waals surface area contributed by atoms with Gasteiger partial charge in [-0.25, -0.2) is 4.98 Å². The monoisotopic (exact) mass is 824 g/mol. The minimum atomic E-state index is -0.430. The van der Waals surface area contributed by atoms with E-state index in [2.05, 4.69) is 70.2 Å². The second-order valence-electron chi connectivity index (χ2n) is 17.4. The number of anilines is 1. The number of piperidine rings is 2. The zero-order chi connectivity index (χ0) is 42.6. The first-order valence-corrected chi connectivity index (χ1v) is 22.5. The predicted octanol–water partition coefficient (Wildman–Crippen LogP) is 7.93. The van der Waals surface area contributed by atoms with Crippen LogP contribution in [0.25, 0.3) is 5.57 Å². The number of nitrogens with zero attached hydrogens (tertiary/aromatic N) is 1. The van der Waals surface area contributed by atoms with Crippen LogP contribution in [0, 0.1) is 17.8 Å². The normalized spacial score (nSPS) is 20.0. The third kappa shape index (κ3) is 11.8. The Hall–Kier alpha value is -5.09. The highest BCUT2D eigenvalue weighted by Crippen LogP contribution is 2.43. The molecule has 61 heavy (non-hydrogen) atoms. The number of unbranched alkanes of at least 4 members (excludes halogenated alkanes) is 2. The lowest BCUT2D eigenvalue weighted by Crippen LogP contribution is -2.52. The summed E-state index contributed by atoms with van der Waals surface area (Å²) >= 11 is 0. The van der Waals surface area contributed by atoms with E-state index in [1.54, 1.807) is 23.9 Å². The van der Waals surface area contributed by atoms with Gasteiger partial charge in [0.2, 0.25) is 0 Å². The van der Waals surface area contributed by atoms with Crippen LogP contribution in [0.1, 0.15) is 96.7 Å². The fourth-order valence-electron chi connectivity index (χ4n) is 10.1. The summed E-state index contributed by atoms with van der Waals surface area (Å²) in [4.78, 5) is 30.9. The first kappa shape index (κ1) is 44.0. The number of methoxy groups -OCH3 is 1. The van der Waals surface area contributed by atoms with E-state index in [-0.39, 0.29) is 29.5 Å². The number of rotatable bonds is 20. The molecule has 9 nitrogen and oxygen atoms in total. The molecule has 0 spiro atoms. The molecule has 2 aliphatic heterocycles. The number of ether oxygens (including phenoxy) is 1.